The Balaban J connectivity index is 2.24. The number of aromatic nitrogens is 2. The highest BCUT2D eigenvalue weighted by molar-refractivity contribution is 4.83. The van der Waals surface area contributed by atoms with Gasteiger partial charge in [0.15, 0.2) is 0 Å². The lowest BCUT2D eigenvalue weighted by Gasteiger charge is -2.05. The number of imidazole rings is 1. The molecule has 0 saturated carbocycles. The third-order valence-corrected chi connectivity index (χ3v) is 5.19. The van der Waals surface area contributed by atoms with Gasteiger partial charge in [0.1, 0.15) is 12.4 Å². The van der Waals surface area contributed by atoms with Crippen LogP contribution in [0.5, 0.6) is 0 Å². The molecule has 24 heavy (non-hydrogen) atoms. The largest absolute Gasteiger partial charge is 0.256 e. The zero-order valence-electron chi connectivity index (χ0n) is 16.9. The molecule has 0 bridgehead atoms. The minimum Gasteiger partial charge on any atom is -0.235 e. The minimum atomic E-state index is 1.11. The van der Waals surface area contributed by atoms with Gasteiger partial charge in [-0.25, -0.2) is 9.13 Å². The maximum Gasteiger partial charge on any atom is 0.256 e. The van der Waals surface area contributed by atoms with Gasteiger partial charge in [0.05, 0.1) is 13.1 Å². The number of unbranched alkanes of at least 4 members (excludes halogenated alkanes) is 11. The van der Waals surface area contributed by atoms with Crippen molar-refractivity contribution < 1.29 is 4.57 Å². The van der Waals surface area contributed by atoms with E-state index < -0.39 is 0 Å². The lowest BCUT2D eigenvalue weighted by atomic mass is 10.1. The van der Waals surface area contributed by atoms with Crippen LogP contribution >= 0.6 is 0 Å². The number of rotatable bonds is 16. The first kappa shape index (κ1) is 21.3. The van der Waals surface area contributed by atoms with Gasteiger partial charge in [-0.15, -0.1) is 0 Å². The molecule has 0 radical (unpaired) electrons. The normalized spacial score (nSPS) is 11.3. The van der Waals surface area contributed by atoms with Crippen LogP contribution in [0.4, 0.5) is 0 Å². The van der Waals surface area contributed by atoms with Crippen LogP contribution in [0, 0.1) is 0 Å². The average Bonchev–Trinajstić information content (AvgIpc) is 2.99. The smallest absolute Gasteiger partial charge is 0.235 e. The molecule has 0 aliphatic heterocycles. The molecule has 0 aromatic carbocycles. The Labute approximate surface area is 151 Å². The van der Waals surface area contributed by atoms with Crippen molar-refractivity contribution in [2.24, 2.45) is 0 Å². The fourth-order valence-electron chi connectivity index (χ4n) is 3.58. The van der Waals surface area contributed by atoms with E-state index >= 15 is 0 Å². The Hall–Kier alpha value is -0.790. The molecule has 0 fully saturated rings. The van der Waals surface area contributed by atoms with Crippen molar-refractivity contribution >= 4 is 0 Å². The van der Waals surface area contributed by atoms with E-state index in [1.807, 2.05) is 0 Å². The summed E-state index contributed by atoms with van der Waals surface area (Å²) >= 11 is 0. The topological polar surface area (TPSA) is 8.81 Å². The van der Waals surface area contributed by atoms with Gasteiger partial charge in [-0.05, 0) is 26.2 Å². The fourth-order valence-corrected chi connectivity index (χ4v) is 3.58. The second kappa shape index (κ2) is 14.5. The van der Waals surface area contributed by atoms with Gasteiger partial charge in [0.25, 0.3) is 5.82 Å². The highest BCUT2D eigenvalue weighted by atomic mass is 15.1. The molecule has 0 saturated heterocycles. The van der Waals surface area contributed by atoms with Gasteiger partial charge in [0.2, 0.25) is 0 Å². The van der Waals surface area contributed by atoms with E-state index in [1.165, 1.54) is 96.4 Å². The van der Waals surface area contributed by atoms with Gasteiger partial charge in [-0.3, -0.25) is 0 Å². The second-order valence-corrected chi connectivity index (χ2v) is 7.33. The molecule has 0 atom stereocenters. The van der Waals surface area contributed by atoms with Crippen molar-refractivity contribution in [3.8, 4) is 0 Å². The highest BCUT2D eigenvalue weighted by Gasteiger charge is 2.15. The van der Waals surface area contributed by atoms with Crippen LogP contribution in [0.15, 0.2) is 12.4 Å². The Morgan fingerprint density at radius 3 is 1.83 bits per heavy atom. The Bertz CT molecular complexity index is 395. The SMILES string of the molecule is CCCCCCCCCC[n+]1ccn(CC)c1CCCCCCC. The first-order valence-electron chi connectivity index (χ1n) is 10.9. The molecular weight excluding hydrogens is 292 g/mol. The summed E-state index contributed by atoms with van der Waals surface area (Å²) in [5.41, 5.74) is 0. The maximum absolute atomic E-state index is 2.53. The van der Waals surface area contributed by atoms with E-state index in [1.54, 1.807) is 5.82 Å². The first-order chi connectivity index (χ1) is 11.8. The third kappa shape index (κ3) is 8.89. The van der Waals surface area contributed by atoms with Gasteiger partial charge in [0, 0.05) is 6.42 Å². The van der Waals surface area contributed by atoms with Crippen molar-refractivity contribution in [1.29, 1.82) is 0 Å². The first-order valence-corrected chi connectivity index (χ1v) is 10.9. The Morgan fingerprint density at radius 2 is 1.25 bits per heavy atom. The maximum atomic E-state index is 2.53. The molecule has 0 amide bonds. The summed E-state index contributed by atoms with van der Waals surface area (Å²) in [5, 5.41) is 0. The summed E-state index contributed by atoms with van der Waals surface area (Å²) in [4.78, 5) is 0. The predicted octanol–water partition coefficient (Wildman–Crippen LogP) is 6.45. The van der Waals surface area contributed by atoms with Gasteiger partial charge >= 0.3 is 0 Å². The van der Waals surface area contributed by atoms with Gasteiger partial charge < -0.3 is 0 Å². The zero-order chi connectivity index (χ0) is 17.5. The quantitative estimate of drug-likeness (QED) is 0.242. The summed E-state index contributed by atoms with van der Waals surface area (Å²) in [6.07, 6.45) is 24.0. The summed E-state index contributed by atoms with van der Waals surface area (Å²) in [6.45, 7) is 9.17. The molecule has 2 heteroatoms. The van der Waals surface area contributed by atoms with Crippen molar-refractivity contribution in [2.75, 3.05) is 0 Å². The van der Waals surface area contributed by atoms with E-state index in [9.17, 15) is 0 Å². The monoisotopic (exact) mass is 335 g/mol. The Morgan fingerprint density at radius 1 is 0.708 bits per heavy atom. The van der Waals surface area contributed by atoms with Crippen LogP contribution in [-0.2, 0) is 19.5 Å². The van der Waals surface area contributed by atoms with Crippen molar-refractivity contribution in [2.45, 2.75) is 124 Å². The number of hydrogen-bond donors (Lipinski definition) is 0. The summed E-state index contributed by atoms with van der Waals surface area (Å²) in [7, 11) is 0. The van der Waals surface area contributed by atoms with Crippen LogP contribution in [0.2, 0.25) is 0 Å². The molecule has 1 rings (SSSR count). The molecule has 2 nitrogen and oxygen atoms in total. The van der Waals surface area contributed by atoms with Crippen LogP contribution in [0.25, 0.3) is 0 Å². The van der Waals surface area contributed by atoms with Crippen LogP contribution in [-0.4, -0.2) is 4.57 Å². The van der Waals surface area contributed by atoms with Crippen LogP contribution in [0.3, 0.4) is 0 Å². The predicted molar refractivity (Wildman–Crippen MR) is 105 cm³/mol. The van der Waals surface area contributed by atoms with E-state index in [0.29, 0.717) is 0 Å². The van der Waals surface area contributed by atoms with Gasteiger partial charge in [-0.1, -0.05) is 78.1 Å². The molecule has 1 aromatic heterocycles. The van der Waals surface area contributed by atoms with E-state index in [2.05, 4.69) is 42.3 Å². The summed E-state index contributed by atoms with van der Waals surface area (Å²) < 4.78 is 4.98. The highest BCUT2D eigenvalue weighted by Crippen LogP contribution is 2.10. The van der Waals surface area contributed by atoms with Crippen molar-refractivity contribution in [1.82, 2.24) is 4.57 Å². The molecule has 0 unspecified atom stereocenters. The lowest BCUT2D eigenvalue weighted by molar-refractivity contribution is -0.704. The van der Waals surface area contributed by atoms with Crippen molar-refractivity contribution in [3.05, 3.63) is 18.2 Å². The molecule has 0 aliphatic rings. The van der Waals surface area contributed by atoms with Crippen molar-refractivity contribution in [3.63, 3.8) is 0 Å². The number of aryl methyl sites for hydroxylation is 2. The molecule has 1 aromatic rings. The van der Waals surface area contributed by atoms with E-state index in [4.69, 9.17) is 0 Å². The molecule has 1 heterocycles. The summed E-state index contributed by atoms with van der Waals surface area (Å²) in [5.74, 6) is 1.55. The van der Waals surface area contributed by atoms with E-state index in [0.717, 1.165) is 6.54 Å². The minimum absolute atomic E-state index is 1.11. The van der Waals surface area contributed by atoms with E-state index in [-0.39, 0.29) is 0 Å². The number of nitrogens with zero attached hydrogens (tertiary/aromatic N) is 2. The Kier molecular flexibility index (Phi) is 12.9. The molecule has 140 valence electrons. The van der Waals surface area contributed by atoms with Crippen LogP contribution < -0.4 is 4.57 Å². The molecular formula is C22H43N2+. The molecule has 0 aliphatic carbocycles. The molecule has 0 spiro atoms. The van der Waals surface area contributed by atoms with Crippen LogP contribution in [0.1, 0.15) is 110 Å². The fraction of sp³-hybridized carbons (Fsp3) is 0.864. The number of hydrogen-bond acceptors (Lipinski definition) is 0. The van der Waals surface area contributed by atoms with Gasteiger partial charge in [-0.2, -0.15) is 0 Å². The molecule has 0 N–H and O–H groups in total. The standard InChI is InChI=1S/C22H43N2/c1-4-7-9-11-12-13-15-17-19-24-21-20-23(6-3)22(24)18-16-14-10-8-5-2/h20-21H,4-19H2,1-3H3/q+1. The average molecular weight is 336 g/mol. The lowest BCUT2D eigenvalue weighted by Crippen LogP contribution is -2.37. The third-order valence-electron chi connectivity index (χ3n) is 5.19. The summed E-state index contributed by atoms with van der Waals surface area (Å²) in [6, 6.07) is 0. The second-order valence-electron chi connectivity index (χ2n) is 7.33. The zero-order valence-corrected chi connectivity index (χ0v) is 16.9.